The van der Waals surface area contributed by atoms with E-state index >= 15 is 0 Å². The van der Waals surface area contributed by atoms with Crippen LogP contribution in [0.5, 0.6) is 0 Å². The Morgan fingerprint density at radius 2 is 2.17 bits per heavy atom. The molecule has 0 spiro atoms. The number of hydrogen-bond donors (Lipinski definition) is 0. The maximum atomic E-state index is 3.96. The molecule has 12 heavy (non-hydrogen) atoms. The molecule has 1 aliphatic heterocycles. The summed E-state index contributed by atoms with van der Waals surface area (Å²) in [5, 5.41) is 0. The topological polar surface area (TPSA) is 0 Å². The fourth-order valence-corrected chi connectivity index (χ4v) is 5.16. The number of allylic oxidation sites excluding steroid dienone is 3. The zero-order valence-corrected chi connectivity index (χ0v) is 9.44. The molecule has 0 saturated heterocycles. The Morgan fingerprint density at radius 3 is 2.83 bits per heavy atom. The van der Waals surface area contributed by atoms with Gasteiger partial charge in [-0.1, -0.05) is 0 Å². The van der Waals surface area contributed by atoms with Gasteiger partial charge in [0.25, 0.3) is 0 Å². The van der Waals surface area contributed by atoms with Crippen LogP contribution in [-0.2, 0) is 0 Å². The van der Waals surface area contributed by atoms with Crippen LogP contribution in [0.25, 0.3) is 0 Å². The molecule has 0 bridgehead atoms. The zero-order chi connectivity index (χ0) is 8.60. The maximum absolute atomic E-state index is 3.96. The molecule has 0 aromatic rings. The third-order valence-corrected chi connectivity index (χ3v) is 6.06. The molecule has 1 atom stereocenters. The zero-order valence-electron chi connectivity index (χ0n) is 7.73. The SMILES string of the molecule is C=CC1(C)CC2=C(CCCC2)[Se]1. The minimum absolute atomic E-state index is 0.474. The van der Waals surface area contributed by atoms with E-state index < -0.39 is 0 Å². The molecule has 1 unspecified atom stereocenters. The monoisotopic (exact) mass is 228 g/mol. The Morgan fingerprint density at radius 1 is 1.42 bits per heavy atom. The van der Waals surface area contributed by atoms with Gasteiger partial charge in [0.05, 0.1) is 0 Å². The van der Waals surface area contributed by atoms with E-state index in [1.165, 1.54) is 32.1 Å². The van der Waals surface area contributed by atoms with Crippen molar-refractivity contribution in [1.29, 1.82) is 0 Å². The number of hydrogen-bond acceptors (Lipinski definition) is 0. The van der Waals surface area contributed by atoms with Crippen molar-refractivity contribution in [3.63, 3.8) is 0 Å². The summed E-state index contributed by atoms with van der Waals surface area (Å²) in [4.78, 5) is 0. The molecule has 0 N–H and O–H groups in total. The molecule has 66 valence electrons. The standard InChI is InChI=1S/C11H16Se/c1-3-11(2)8-9-6-4-5-7-10(9)12-11/h3H,1,4-8H2,2H3. The average molecular weight is 227 g/mol. The second kappa shape index (κ2) is 3.05. The second-order valence-electron chi connectivity index (χ2n) is 4.03. The molecule has 0 fully saturated rings. The summed E-state index contributed by atoms with van der Waals surface area (Å²) in [7, 11) is 0. The van der Waals surface area contributed by atoms with Gasteiger partial charge in [0.2, 0.25) is 0 Å². The predicted molar refractivity (Wildman–Crippen MR) is 54.4 cm³/mol. The average Bonchev–Trinajstić information content (AvgIpc) is 2.42. The third-order valence-electron chi connectivity index (χ3n) is 2.88. The molecule has 2 aliphatic rings. The first-order chi connectivity index (χ1) is 5.73. The quantitative estimate of drug-likeness (QED) is 0.476. The van der Waals surface area contributed by atoms with Gasteiger partial charge < -0.3 is 0 Å². The van der Waals surface area contributed by atoms with Crippen LogP contribution in [0.15, 0.2) is 22.7 Å². The van der Waals surface area contributed by atoms with Gasteiger partial charge in [-0.05, 0) is 0 Å². The van der Waals surface area contributed by atoms with E-state index in [-0.39, 0.29) is 0 Å². The van der Waals surface area contributed by atoms with Crippen LogP contribution in [0.3, 0.4) is 0 Å². The molecule has 0 amide bonds. The fourth-order valence-electron chi connectivity index (χ4n) is 2.11. The van der Waals surface area contributed by atoms with Gasteiger partial charge in [0.15, 0.2) is 0 Å². The fraction of sp³-hybridized carbons (Fsp3) is 0.636. The summed E-state index contributed by atoms with van der Waals surface area (Å²) < 4.78 is 2.30. The molecule has 0 radical (unpaired) electrons. The van der Waals surface area contributed by atoms with E-state index in [4.69, 9.17) is 0 Å². The normalized spacial score (nSPS) is 35.1. The van der Waals surface area contributed by atoms with Gasteiger partial charge in [-0.15, -0.1) is 0 Å². The molecule has 1 aliphatic carbocycles. The molecular weight excluding hydrogens is 211 g/mol. The summed E-state index contributed by atoms with van der Waals surface area (Å²) in [6.07, 6.45) is 9.17. The summed E-state index contributed by atoms with van der Waals surface area (Å²) in [6, 6.07) is 0. The molecule has 2 rings (SSSR count). The van der Waals surface area contributed by atoms with Crippen molar-refractivity contribution in [3.8, 4) is 0 Å². The molecule has 0 aromatic heterocycles. The molecule has 0 saturated carbocycles. The molecule has 1 heterocycles. The van der Waals surface area contributed by atoms with E-state index in [0.717, 1.165) is 15.0 Å². The Hall–Kier alpha value is -0.000519. The predicted octanol–water partition coefficient (Wildman–Crippen LogP) is 3.29. The van der Waals surface area contributed by atoms with Crippen molar-refractivity contribution >= 4 is 15.0 Å². The van der Waals surface area contributed by atoms with Crippen molar-refractivity contribution < 1.29 is 0 Å². The van der Waals surface area contributed by atoms with E-state index in [2.05, 4.69) is 19.6 Å². The first-order valence-corrected chi connectivity index (χ1v) is 6.48. The van der Waals surface area contributed by atoms with Gasteiger partial charge >= 0.3 is 81.0 Å². The van der Waals surface area contributed by atoms with Crippen LogP contribution in [0, 0.1) is 0 Å². The van der Waals surface area contributed by atoms with Gasteiger partial charge in [-0.2, -0.15) is 0 Å². The van der Waals surface area contributed by atoms with Gasteiger partial charge in [-0.25, -0.2) is 0 Å². The van der Waals surface area contributed by atoms with Crippen LogP contribution in [0.2, 0.25) is 4.31 Å². The molecular formula is C11H16Se. The summed E-state index contributed by atoms with van der Waals surface area (Å²) in [5.74, 6) is 0. The van der Waals surface area contributed by atoms with E-state index in [0.29, 0.717) is 4.31 Å². The Kier molecular flexibility index (Phi) is 2.18. The first-order valence-electron chi connectivity index (χ1n) is 4.77. The summed E-state index contributed by atoms with van der Waals surface area (Å²) in [5.41, 5.74) is 1.80. The van der Waals surface area contributed by atoms with Crippen molar-refractivity contribution in [2.24, 2.45) is 0 Å². The van der Waals surface area contributed by atoms with E-state index in [9.17, 15) is 0 Å². The van der Waals surface area contributed by atoms with Gasteiger partial charge in [0.1, 0.15) is 0 Å². The van der Waals surface area contributed by atoms with Crippen LogP contribution in [-0.4, -0.2) is 15.0 Å². The Bertz CT molecular complexity index is 219. The number of rotatable bonds is 1. The van der Waals surface area contributed by atoms with Crippen LogP contribution < -0.4 is 0 Å². The van der Waals surface area contributed by atoms with E-state index in [1.807, 2.05) is 4.47 Å². The van der Waals surface area contributed by atoms with Crippen molar-refractivity contribution in [1.82, 2.24) is 0 Å². The van der Waals surface area contributed by atoms with Gasteiger partial charge in [0, 0.05) is 0 Å². The first kappa shape index (κ1) is 8.59. The van der Waals surface area contributed by atoms with Crippen molar-refractivity contribution in [3.05, 3.63) is 22.7 Å². The third kappa shape index (κ3) is 1.41. The summed E-state index contributed by atoms with van der Waals surface area (Å²) >= 11 is 0.727. The second-order valence-corrected chi connectivity index (χ2v) is 7.45. The van der Waals surface area contributed by atoms with Crippen LogP contribution in [0.4, 0.5) is 0 Å². The molecule has 0 nitrogen and oxygen atoms in total. The molecule has 1 heteroatoms. The van der Waals surface area contributed by atoms with Crippen molar-refractivity contribution in [2.75, 3.05) is 0 Å². The minimum atomic E-state index is 0.474. The Labute approximate surface area is 81.3 Å². The van der Waals surface area contributed by atoms with Crippen molar-refractivity contribution in [2.45, 2.75) is 43.3 Å². The van der Waals surface area contributed by atoms with E-state index in [1.54, 1.807) is 5.57 Å². The van der Waals surface area contributed by atoms with Crippen LogP contribution in [0.1, 0.15) is 39.0 Å². The Balaban J connectivity index is 2.16. The summed E-state index contributed by atoms with van der Waals surface area (Å²) in [6.45, 7) is 6.33. The van der Waals surface area contributed by atoms with Crippen LogP contribution >= 0.6 is 0 Å². The van der Waals surface area contributed by atoms with Gasteiger partial charge in [-0.3, -0.25) is 0 Å². The molecule has 0 aromatic carbocycles.